The molecule has 0 radical (unpaired) electrons. The summed E-state index contributed by atoms with van der Waals surface area (Å²) in [4.78, 5) is 14.5. The summed E-state index contributed by atoms with van der Waals surface area (Å²) in [5, 5.41) is 0. The molecule has 2 aromatic carbocycles. The van der Waals surface area contributed by atoms with E-state index in [-0.39, 0.29) is 34.6 Å². The number of anilines is 1. The molecular formula is C20H24FN3O5S2. The number of likely N-dealkylation sites (tertiary alicyclic amines) is 1. The molecule has 3 rings (SSSR count). The van der Waals surface area contributed by atoms with Crippen molar-refractivity contribution in [1.82, 2.24) is 9.62 Å². The first kappa shape index (κ1) is 23.2. The van der Waals surface area contributed by atoms with Crippen molar-refractivity contribution in [2.75, 3.05) is 24.1 Å². The van der Waals surface area contributed by atoms with Gasteiger partial charge in [0.15, 0.2) is 0 Å². The molecule has 1 fully saturated rings. The highest BCUT2D eigenvalue weighted by atomic mass is 32.2. The van der Waals surface area contributed by atoms with Crippen molar-refractivity contribution >= 4 is 31.6 Å². The van der Waals surface area contributed by atoms with Gasteiger partial charge >= 0.3 is 0 Å². The number of benzene rings is 2. The smallest absolute Gasteiger partial charge is 0.262 e. The Morgan fingerprint density at radius 3 is 2.55 bits per heavy atom. The number of halogens is 1. The van der Waals surface area contributed by atoms with Crippen molar-refractivity contribution in [1.29, 1.82) is 0 Å². The number of carbonyl (C=O) groups is 1. The molecule has 1 aliphatic rings. The number of hydrogen-bond acceptors (Lipinski definition) is 5. The van der Waals surface area contributed by atoms with Gasteiger partial charge in [-0.2, -0.15) is 0 Å². The Hall–Kier alpha value is -2.50. The molecule has 1 unspecified atom stereocenters. The van der Waals surface area contributed by atoms with Gasteiger partial charge in [0.2, 0.25) is 10.0 Å². The quantitative estimate of drug-likeness (QED) is 0.645. The molecule has 0 saturated carbocycles. The van der Waals surface area contributed by atoms with E-state index in [0.29, 0.717) is 13.0 Å². The van der Waals surface area contributed by atoms with Crippen LogP contribution in [0.2, 0.25) is 0 Å². The van der Waals surface area contributed by atoms with Crippen molar-refractivity contribution in [2.45, 2.75) is 30.2 Å². The van der Waals surface area contributed by atoms with E-state index >= 15 is 0 Å². The molecule has 168 valence electrons. The number of hydrogen-bond donors (Lipinski definition) is 2. The fraction of sp³-hybridized carbons (Fsp3) is 0.350. The summed E-state index contributed by atoms with van der Waals surface area (Å²) in [6.07, 6.45) is 3.33. The highest BCUT2D eigenvalue weighted by Crippen LogP contribution is 2.23. The lowest BCUT2D eigenvalue weighted by Gasteiger charge is -2.36. The van der Waals surface area contributed by atoms with Crippen LogP contribution in [-0.4, -0.2) is 53.0 Å². The number of sulfonamides is 2. The van der Waals surface area contributed by atoms with E-state index in [1.807, 2.05) is 0 Å². The highest BCUT2D eigenvalue weighted by Gasteiger charge is 2.29. The second-order valence-electron chi connectivity index (χ2n) is 7.38. The van der Waals surface area contributed by atoms with Gasteiger partial charge in [-0.25, -0.2) is 25.9 Å². The standard InChI is InChI=1S/C20H24FN3O5S2/c1-30(26,27)22-14-16-8-4-5-12-24(16)20(25)15-7-6-9-17(13-15)31(28,29)23-19-11-3-2-10-18(19)21/h2-3,6-7,9-11,13,16,22-23H,4-5,8,12,14H2,1H3. The maximum absolute atomic E-state index is 13.8. The lowest BCUT2D eigenvalue weighted by molar-refractivity contribution is 0.0618. The molecule has 8 nitrogen and oxygen atoms in total. The van der Waals surface area contributed by atoms with Crippen LogP contribution in [0.3, 0.4) is 0 Å². The molecular weight excluding hydrogens is 445 g/mol. The van der Waals surface area contributed by atoms with Crippen LogP contribution in [-0.2, 0) is 20.0 Å². The number of para-hydroxylation sites is 1. The Morgan fingerprint density at radius 2 is 1.84 bits per heavy atom. The summed E-state index contributed by atoms with van der Waals surface area (Å²) in [7, 11) is -7.52. The summed E-state index contributed by atoms with van der Waals surface area (Å²) in [6.45, 7) is 0.538. The maximum Gasteiger partial charge on any atom is 0.262 e. The Morgan fingerprint density at radius 1 is 1.10 bits per heavy atom. The summed E-state index contributed by atoms with van der Waals surface area (Å²) in [6, 6.07) is 10.6. The molecule has 0 spiro atoms. The van der Waals surface area contributed by atoms with Gasteiger partial charge in [-0.15, -0.1) is 0 Å². The van der Waals surface area contributed by atoms with Crippen molar-refractivity contribution in [3.63, 3.8) is 0 Å². The van der Waals surface area contributed by atoms with E-state index in [4.69, 9.17) is 0 Å². The Bertz CT molecular complexity index is 1170. The first-order valence-electron chi connectivity index (χ1n) is 9.70. The van der Waals surface area contributed by atoms with Gasteiger partial charge in [-0.3, -0.25) is 9.52 Å². The van der Waals surface area contributed by atoms with Crippen LogP contribution in [0.1, 0.15) is 29.6 Å². The number of nitrogens with zero attached hydrogens (tertiary/aromatic N) is 1. The topological polar surface area (TPSA) is 113 Å². The van der Waals surface area contributed by atoms with Crippen LogP contribution in [0.15, 0.2) is 53.4 Å². The number of rotatable bonds is 7. The van der Waals surface area contributed by atoms with Crippen LogP contribution in [0.5, 0.6) is 0 Å². The van der Waals surface area contributed by atoms with Crippen LogP contribution in [0, 0.1) is 5.82 Å². The largest absolute Gasteiger partial charge is 0.334 e. The minimum atomic E-state index is -4.12. The minimum absolute atomic E-state index is 0.0946. The maximum atomic E-state index is 13.8. The van der Waals surface area contributed by atoms with Gasteiger partial charge in [-0.05, 0) is 49.6 Å². The molecule has 1 saturated heterocycles. The van der Waals surface area contributed by atoms with Crippen LogP contribution >= 0.6 is 0 Å². The SMILES string of the molecule is CS(=O)(=O)NCC1CCCCN1C(=O)c1cccc(S(=O)(=O)Nc2ccccc2F)c1. The molecule has 2 aromatic rings. The van der Waals surface area contributed by atoms with Gasteiger partial charge in [0.05, 0.1) is 16.8 Å². The molecule has 1 heterocycles. The van der Waals surface area contributed by atoms with Gasteiger partial charge in [-0.1, -0.05) is 18.2 Å². The molecule has 31 heavy (non-hydrogen) atoms. The van der Waals surface area contributed by atoms with Crippen LogP contribution < -0.4 is 9.44 Å². The first-order valence-corrected chi connectivity index (χ1v) is 13.1. The van der Waals surface area contributed by atoms with E-state index in [2.05, 4.69) is 9.44 Å². The Balaban J connectivity index is 1.82. The molecule has 0 bridgehead atoms. The monoisotopic (exact) mass is 469 g/mol. The normalized spacial score (nSPS) is 17.4. The molecule has 0 aliphatic carbocycles. The minimum Gasteiger partial charge on any atom is -0.334 e. The number of piperidine rings is 1. The highest BCUT2D eigenvalue weighted by molar-refractivity contribution is 7.92. The molecule has 1 amide bonds. The number of carbonyl (C=O) groups excluding carboxylic acids is 1. The Kier molecular flexibility index (Phi) is 6.97. The summed E-state index contributed by atoms with van der Waals surface area (Å²) in [5.41, 5.74) is -0.0372. The van der Waals surface area contributed by atoms with E-state index < -0.39 is 25.9 Å². The third-order valence-corrected chi connectivity index (χ3v) is 7.03. The molecule has 2 N–H and O–H groups in total. The average molecular weight is 470 g/mol. The molecule has 0 aromatic heterocycles. The lowest BCUT2D eigenvalue weighted by atomic mass is 10.0. The third-order valence-electron chi connectivity index (χ3n) is 4.98. The van der Waals surface area contributed by atoms with Crippen LogP contribution in [0.4, 0.5) is 10.1 Å². The molecule has 11 heteroatoms. The summed E-state index contributed by atoms with van der Waals surface area (Å²) < 4.78 is 66.7. The average Bonchev–Trinajstić information content (AvgIpc) is 2.73. The third kappa shape index (κ3) is 6.02. The molecule has 1 aliphatic heterocycles. The second kappa shape index (κ2) is 9.33. The van der Waals surface area contributed by atoms with Gasteiger partial charge in [0, 0.05) is 24.7 Å². The zero-order valence-corrected chi connectivity index (χ0v) is 18.5. The summed E-state index contributed by atoms with van der Waals surface area (Å²) in [5.74, 6) is -1.10. The van der Waals surface area contributed by atoms with E-state index in [9.17, 15) is 26.0 Å². The Labute approximate surface area is 181 Å². The zero-order chi connectivity index (χ0) is 22.6. The lowest BCUT2D eigenvalue weighted by Crippen LogP contribution is -2.49. The predicted octanol–water partition coefficient (Wildman–Crippen LogP) is 2.17. The van der Waals surface area contributed by atoms with Gasteiger partial charge < -0.3 is 4.90 Å². The van der Waals surface area contributed by atoms with Crippen molar-refractivity contribution in [2.24, 2.45) is 0 Å². The van der Waals surface area contributed by atoms with E-state index in [0.717, 1.165) is 25.2 Å². The molecule has 1 atom stereocenters. The van der Waals surface area contributed by atoms with Crippen molar-refractivity contribution in [3.8, 4) is 0 Å². The van der Waals surface area contributed by atoms with Gasteiger partial charge in [0.25, 0.3) is 15.9 Å². The van der Waals surface area contributed by atoms with Crippen molar-refractivity contribution in [3.05, 3.63) is 59.9 Å². The fourth-order valence-corrected chi connectivity index (χ4v) is 5.05. The second-order valence-corrected chi connectivity index (χ2v) is 10.9. The van der Waals surface area contributed by atoms with E-state index in [1.54, 1.807) is 4.90 Å². The number of nitrogens with one attached hydrogen (secondary N) is 2. The predicted molar refractivity (Wildman–Crippen MR) is 115 cm³/mol. The first-order chi connectivity index (χ1) is 14.6. The fourth-order valence-electron chi connectivity index (χ4n) is 3.44. The summed E-state index contributed by atoms with van der Waals surface area (Å²) >= 11 is 0. The number of amides is 1. The van der Waals surface area contributed by atoms with E-state index in [1.165, 1.54) is 42.5 Å². The van der Waals surface area contributed by atoms with Crippen LogP contribution in [0.25, 0.3) is 0 Å². The van der Waals surface area contributed by atoms with Crippen molar-refractivity contribution < 1.29 is 26.0 Å². The zero-order valence-electron chi connectivity index (χ0n) is 16.9. The van der Waals surface area contributed by atoms with Gasteiger partial charge in [0.1, 0.15) is 5.82 Å².